The molecule has 2 N–H and O–H groups in total. The van der Waals surface area contributed by atoms with Gasteiger partial charge >= 0.3 is 6.18 Å². The summed E-state index contributed by atoms with van der Waals surface area (Å²) in [7, 11) is 0. The molecule has 1 heterocycles. The third-order valence-corrected chi connectivity index (χ3v) is 3.70. The van der Waals surface area contributed by atoms with E-state index in [4.69, 9.17) is 10.5 Å². The van der Waals surface area contributed by atoms with Crippen LogP contribution in [0.4, 0.5) is 13.2 Å². The lowest BCUT2D eigenvalue weighted by atomic mass is 9.96. The summed E-state index contributed by atoms with van der Waals surface area (Å²) in [6.45, 7) is 1.16. The van der Waals surface area contributed by atoms with Crippen molar-refractivity contribution >= 4 is 0 Å². The van der Waals surface area contributed by atoms with Crippen LogP contribution in [0.2, 0.25) is 0 Å². The van der Waals surface area contributed by atoms with Crippen LogP contribution in [0.1, 0.15) is 33.9 Å². The third-order valence-electron chi connectivity index (χ3n) is 3.70. The van der Waals surface area contributed by atoms with Gasteiger partial charge in [0.1, 0.15) is 0 Å². The van der Waals surface area contributed by atoms with Gasteiger partial charge in [-0.3, -0.25) is 0 Å². The van der Waals surface area contributed by atoms with Gasteiger partial charge in [-0.1, -0.05) is 30.3 Å². The fraction of sp³-hybridized carbons (Fsp3) is 0.250. The molecule has 21 heavy (non-hydrogen) atoms. The second-order valence-electron chi connectivity index (χ2n) is 5.12. The summed E-state index contributed by atoms with van der Waals surface area (Å²) in [6.07, 6.45) is -4.33. The zero-order chi connectivity index (χ0) is 15.0. The molecule has 0 spiro atoms. The van der Waals surface area contributed by atoms with Gasteiger partial charge in [-0.2, -0.15) is 13.2 Å². The standard InChI is InChI=1S/C16H14F3NO/c17-16(18,19)14-5-3-10(4-6-14)15(20)11-1-2-12-8-21-9-13(12)7-11/h1-7,15H,8-9,20H2. The molecule has 0 radical (unpaired) electrons. The largest absolute Gasteiger partial charge is 0.416 e. The normalized spacial score (nSPS) is 15.8. The van der Waals surface area contributed by atoms with Crippen LogP contribution in [-0.2, 0) is 24.1 Å². The molecule has 1 unspecified atom stereocenters. The molecular weight excluding hydrogens is 279 g/mol. The maximum atomic E-state index is 12.5. The van der Waals surface area contributed by atoms with Gasteiger partial charge in [-0.05, 0) is 34.4 Å². The summed E-state index contributed by atoms with van der Waals surface area (Å²) >= 11 is 0. The zero-order valence-corrected chi connectivity index (χ0v) is 11.2. The number of nitrogens with two attached hydrogens (primary N) is 1. The summed E-state index contributed by atoms with van der Waals surface area (Å²) in [6, 6.07) is 10.4. The fourth-order valence-electron chi connectivity index (χ4n) is 2.46. The van der Waals surface area contributed by atoms with Crippen molar-refractivity contribution in [2.45, 2.75) is 25.4 Å². The topological polar surface area (TPSA) is 35.2 Å². The van der Waals surface area contributed by atoms with Crippen molar-refractivity contribution in [1.29, 1.82) is 0 Å². The van der Waals surface area contributed by atoms with Crippen LogP contribution in [-0.4, -0.2) is 0 Å². The number of rotatable bonds is 2. The van der Waals surface area contributed by atoms with E-state index in [2.05, 4.69) is 0 Å². The van der Waals surface area contributed by atoms with E-state index in [1.165, 1.54) is 12.1 Å². The Morgan fingerprint density at radius 3 is 2.19 bits per heavy atom. The van der Waals surface area contributed by atoms with E-state index in [-0.39, 0.29) is 0 Å². The first-order valence-corrected chi connectivity index (χ1v) is 6.57. The zero-order valence-electron chi connectivity index (χ0n) is 11.2. The lowest BCUT2D eigenvalue weighted by molar-refractivity contribution is -0.137. The molecular formula is C16H14F3NO. The number of benzene rings is 2. The maximum Gasteiger partial charge on any atom is 0.416 e. The number of hydrogen-bond donors (Lipinski definition) is 1. The Bertz CT molecular complexity index is 650. The minimum absolute atomic E-state index is 0.446. The lowest BCUT2D eigenvalue weighted by Crippen LogP contribution is -2.13. The van der Waals surface area contributed by atoms with Gasteiger partial charge in [0.15, 0.2) is 0 Å². The van der Waals surface area contributed by atoms with E-state index in [1.807, 2.05) is 18.2 Å². The monoisotopic (exact) mass is 293 g/mol. The molecule has 1 aliphatic heterocycles. The Hall–Kier alpha value is -1.85. The van der Waals surface area contributed by atoms with Gasteiger partial charge < -0.3 is 10.5 Å². The fourth-order valence-corrected chi connectivity index (χ4v) is 2.46. The lowest BCUT2D eigenvalue weighted by Gasteiger charge is -2.15. The van der Waals surface area contributed by atoms with Crippen molar-refractivity contribution in [2.24, 2.45) is 5.73 Å². The van der Waals surface area contributed by atoms with Crippen LogP contribution >= 0.6 is 0 Å². The molecule has 2 nitrogen and oxygen atoms in total. The third kappa shape index (κ3) is 2.80. The summed E-state index contributed by atoms with van der Waals surface area (Å²) in [5.41, 5.74) is 9.24. The van der Waals surface area contributed by atoms with Crippen LogP contribution in [0, 0.1) is 0 Å². The molecule has 2 aromatic carbocycles. The van der Waals surface area contributed by atoms with E-state index >= 15 is 0 Å². The van der Waals surface area contributed by atoms with Crippen molar-refractivity contribution in [3.05, 3.63) is 70.3 Å². The van der Waals surface area contributed by atoms with Crippen LogP contribution in [0.3, 0.4) is 0 Å². The molecule has 1 aliphatic rings. The Morgan fingerprint density at radius 1 is 0.905 bits per heavy atom. The number of hydrogen-bond acceptors (Lipinski definition) is 2. The highest BCUT2D eigenvalue weighted by atomic mass is 19.4. The summed E-state index contributed by atoms with van der Waals surface area (Å²) < 4.78 is 43.0. The molecule has 0 bridgehead atoms. The van der Waals surface area contributed by atoms with Gasteiger partial charge in [0, 0.05) is 0 Å². The van der Waals surface area contributed by atoms with E-state index in [0.717, 1.165) is 28.8 Å². The van der Waals surface area contributed by atoms with Gasteiger partial charge in [-0.15, -0.1) is 0 Å². The average Bonchev–Trinajstić information content (AvgIpc) is 2.93. The molecule has 0 amide bonds. The Balaban J connectivity index is 1.86. The highest BCUT2D eigenvalue weighted by Crippen LogP contribution is 2.31. The van der Waals surface area contributed by atoms with Gasteiger partial charge in [0.05, 0.1) is 24.8 Å². The number of fused-ring (bicyclic) bond motifs is 1. The highest BCUT2D eigenvalue weighted by Gasteiger charge is 2.30. The minimum atomic E-state index is -4.33. The molecule has 0 fully saturated rings. The molecule has 0 aliphatic carbocycles. The van der Waals surface area contributed by atoms with Crippen molar-refractivity contribution in [3.63, 3.8) is 0 Å². The first-order valence-electron chi connectivity index (χ1n) is 6.57. The Kier molecular flexibility index (Phi) is 3.47. The van der Waals surface area contributed by atoms with Crippen molar-refractivity contribution in [3.8, 4) is 0 Å². The van der Waals surface area contributed by atoms with E-state index in [1.54, 1.807) is 0 Å². The van der Waals surface area contributed by atoms with Gasteiger partial charge in [-0.25, -0.2) is 0 Å². The predicted octanol–water partition coefficient (Wildman–Crippen LogP) is 3.78. The first kappa shape index (κ1) is 14.1. The first-order chi connectivity index (χ1) is 9.95. The van der Waals surface area contributed by atoms with Gasteiger partial charge in [0.2, 0.25) is 0 Å². The SMILES string of the molecule is NC(c1ccc(C(F)(F)F)cc1)c1ccc2c(c1)COC2. The second kappa shape index (κ2) is 5.16. The maximum absolute atomic E-state index is 12.5. The predicted molar refractivity (Wildman–Crippen MR) is 72.4 cm³/mol. The summed E-state index contributed by atoms with van der Waals surface area (Å²) in [4.78, 5) is 0. The van der Waals surface area contributed by atoms with Crippen molar-refractivity contribution in [2.75, 3.05) is 0 Å². The smallest absolute Gasteiger partial charge is 0.372 e. The van der Waals surface area contributed by atoms with Gasteiger partial charge in [0.25, 0.3) is 0 Å². The Labute approximate surface area is 120 Å². The number of halogens is 3. The summed E-state index contributed by atoms with van der Waals surface area (Å²) in [5, 5.41) is 0. The average molecular weight is 293 g/mol. The molecule has 110 valence electrons. The number of alkyl halides is 3. The van der Waals surface area contributed by atoms with Crippen molar-refractivity contribution in [1.82, 2.24) is 0 Å². The number of ether oxygens (including phenoxy) is 1. The van der Waals surface area contributed by atoms with Crippen LogP contribution in [0.5, 0.6) is 0 Å². The quantitative estimate of drug-likeness (QED) is 0.914. The Morgan fingerprint density at radius 2 is 1.52 bits per heavy atom. The van der Waals surface area contributed by atoms with E-state index < -0.39 is 17.8 Å². The molecule has 5 heteroatoms. The molecule has 1 atom stereocenters. The molecule has 2 aromatic rings. The summed E-state index contributed by atoms with van der Waals surface area (Å²) in [5.74, 6) is 0. The molecule has 3 rings (SSSR count). The van der Waals surface area contributed by atoms with Crippen molar-refractivity contribution < 1.29 is 17.9 Å². The second-order valence-corrected chi connectivity index (χ2v) is 5.12. The molecule has 0 saturated carbocycles. The van der Waals surface area contributed by atoms with E-state index in [9.17, 15) is 13.2 Å². The van der Waals surface area contributed by atoms with E-state index in [0.29, 0.717) is 18.8 Å². The van der Waals surface area contributed by atoms with Crippen LogP contribution in [0.25, 0.3) is 0 Å². The highest BCUT2D eigenvalue weighted by molar-refractivity contribution is 5.39. The minimum Gasteiger partial charge on any atom is -0.372 e. The van der Waals surface area contributed by atoms with Crippen LogP contribution in [0.15, 0.2) is 42.5 Å². The van der Waals surface area contributed by atoms with Crippen LogP contribution < -0.4 is 5.73 Å². The molecule has 0 aromatic heterocycles. The molecule has 0 saturated heterocycles.